The molecule has 0 unspecified atom stereocenters. The minimum absolute atomic E-state index is 0. The molecule has 1 radical (unpaired) electrons. The summed E-state index contributed by atoms with van der Waals surface area (Å²) in [5.41, 5.74) is 14.5. The first-order valence-corrected chi connectivity index (χ1v) is 22.5. The van der Waals surface area contributed by atoms with E-state index in [2.05, 4.69) is 221 Å². The predicted octanol–water partition coefficient (Wildman–Crippen LogP) is 11.9. The zero-order chi connectivity index (χ0) is 46.5. The number of hydrogen-bond acceptors (Lipinski definition) is 3. The van der Waals surface area contributed by atoms with Crippen molar-refractivity contribution in [2.75, 3.05) is 0 Å². The minimum atomic E-state index is 0. The summed E-state index contributed by atoms with van der Waals surface area (Å²) in [7, 11) is 0. The number of rotatable bonds is 9. The SMILES string of the molecule is [Ir].[c-]1ccccc1-n1[c-][n+](-c2ccccc2)c(-c2ccccc2)c1-c1ccccc1.[c-]1ccccc1-n1[c-][n+](-c2ccccc2)c(-c2ccccc2)c1-c1ccccc1.c1ccc(-c2cnn[n-]2)nc1. The smallest absolute Gasteiger partial charge is 0.268 e. The molecule has 0 bridgehead atoms. The molecule has 0 aliphatic heterocycles. The quantitative estimate of drug-likeness (QED) is 0.107. The van der Waals surface area contributed by atoms with Crippen LogP contribution in [0.1, 0.15) is 0 Å². The fraction of sp³-hybridized carbons (Fsp3) is 0. The number of hydrogen-bond donors (Lipinski definition) is 0. The first-order chi connectivity index (χ1) is 34.3. The Morgan fingerprint density at radius 3 is 1.14 bits per heavy atom. The second-order valence-corrected chi connectivity index (χ2v) is 15.6. The molecule has 4 aromatic heterocycles. The molecule has 0 fully saturated rings. The normalized spacial score (nSPS) is 10.5. The standard InChI is InChI=1S/2C27H19N2.C7H5N4.Ir/c2*1-5-13-22(14-6-1)26-27(23-15-7-2-8-16-23)29(25-19-11-4-12-20-25)21-28(26)24-17-9-3-10-18-24;1-2-4-8-6(3-1)7-5-9-11-10-7;/h2*1-19H;1-5H;/q3*-1;. The fourth-order valence-electron chi connectivity index (χ4n) is 8.01. The molecule has 0 aliphatic rings. The molecule has 4 heterocycles. The van der Waals surface area contributed by atoms with Crippen molar-refractivity contribution in [2.45, 2.75) is 0 Å². The van der Waals surface area contributed by atoms with Crippen molar-refractivity contribution >= 4 is 0 Å². The largest absolute Gasteiger partial charge is 0.358 e. The summed E-state index contributed by atoms with van der Waals surface area (Å²) in [5.74, 6) is 0. The average Bonchev–Trinajstić information content (AvgIpc) is 4.23. The van der Waals surface area contributed by atoms with E-state index in [1.165, 1.54) is 0 Å². The average molecular weight is 1080 g/mol. The second-order valence-electron chi connectivity index (χ2n) is 15.6. The van der Waals surface area contributed by atoms with E-state index in [1.54, 1.807) is 12.4 Å². The Kier molecular flexibility index (Phi) is 15.0. The van der Waals surface area contributed by atoms with Gasteiger partial charge in [0.25, 0.3) is 12.7 Å². The van der Waals surface area contributed by atoms with Gasteiger partial charge in [-0.3, -0.25) is 19.3 Å². The summed E-state index contributed by atoms with van der Waals surface area (Å²) in [6, 6.07) is 91.0. The van der Waals surface area contributed by atoms with Crippen LogP contribution >= 0.6 is 0 Å². The van der Waals surface area contributed by atoms with Crippen molar-refractivity contribution in [2.24, 2.45) is 0 Å². The summed E-state index contributed by atoms with van der Waals surface area (Å²) in [6.07, 6.45) is 10.5. The maximum atomic E-state index is 4.08. The van der Waals surface area contributed by atoms with Crippen LogP contribution in [0.3, 0.4) is 0 Å². The number of pyridine rings is 1. The third-order valence-corrected chi connectivity index (χ3v) is 11.1. The molecule has 0 spiro atoms. The molecule has 339 valence electrons. The third-order valence-electron chi connectivity index (χ3n) is 11.1. The van der Waals surface area contributed by atoms with Crippen molar-refractivity contribution in [3.63, 3.8) is 0 Å². The van der Waals surface area contributed by atoms with Crippen LogP contribution in [0.15, 0.2) is 261 Å². The minimum Gasteiger partial charge on any atom is -0.358 e. The van der Waals surface area contributed by atoms with Gasteiger partial charge in [0, 0.05) is 26.3 Å². The van der Waals surface area contributed by atoms with Crippen molar-refractivity contribution < 1.29 is 29.2 Å². The van der Waals surface area contributed by atoms with Crippen molar-refractivity contribution in [3.8, 4) is 79.2 Å². The van der Waals surface area contributed by atoms with Gasteiger partial charge in [-0.05, 0) is 75.7 Å². The number of para-hydroxylation sites is 4. The Morgan fingerprint density at radius 1 is 0.400 bits per heavy atom. The maximum Gasteiger partial charge on any atom is 0.268 e. The van der Waals surface area contributed by atoms with Gasteiger partial charge >= 0.3 is 0 Å². The van der Waals surface area contributed by atoms with Crippen LogP contribution in [0.5, 0.6) is 0 Å². The van der Waals surface area contributed by atoms with E-state index in [4.69, 9.17) is 0 Å². The molecule has 0 aliphatic carbocycles. The van der Waals surface area contributed by atoms with E-state index in [0.29, 0.717) is 5.69 Å². The molecule has 0 N–H and O–H groups in total. The molecule has 12 aromatic rings. The Bertz CT molecular complexity index is 3030. The number of aromatic nitrogens is 8. The van der Waals surface area contributed by atoms with Gasteiger partial charge in [0.1, 0.15) is 0 Å². The van der Waals surface area contributed by atoms with E-state index < -0.39 is 0 Å². The Morgan fingerprint density at radius 2 is 0.786 bits per heavy atom. The molecule has 9 heteroatoms. The maximum absolute atomic E-state index is 4.08. The topological polar surface area (TPSA) is 70.4 Å². The molecule has 0 saturated carbocycles. The van der Waals surface area contributed by atoms with Crippen LogP contribution in [-0.4, -0.2) is 24.4 Å². The van der Waals surface area contributed by atoms with Gasteiger partial charge in [0.2, 0.25) is 0 Å². The Labute approximate surface area is 421 Å². The van der Waals surface area contributed by atoms with Crippen LogP contribution in [-0.2, 0) is 20.1 Å². The van der Waals surface area contributed by atoms with Crippen LogP contribution < -0.4 is 14.2 Å². The fourth-order valence-corrected chi connectivity index (χ4v) is 8.01. The molecular weight excluding hydrogens is 1040 g/mol. The van der Waals surface area contributed by atoms with Crippen molar-refractivity contribution in [1.82, 2.24) is 29.5 Å². The summed E-state index contributed by atoms with van der Waals surface area (Å²) in [6.45, 7) is 0. The third kappa shape index (κ3) is 10.5. The Hall–Kier alpha value is -8.88. The molecule has 0 amide bonds. The summed E-state index contributed by atoms with van der Waals surface area (Å²) >= 11 is 0. The molecule has 70 heavy (non-hydrogen) atoms. The Balaban J connectivity index is 0.000000141. The summed E-state index contributed by atoms with van der Waals surface area (Å²) < 4.78 is 8.48. The zero-order valence-corrected chi connectivity index (χ0v) is 40.1. The molecular formula is C61H43IrN8-3. The monoisotopic (exact) mass is 1080 g/mol. The van der Waals surface area contributed by atoms with Gasteiger partial charge in [0.05, 0.1) is 39.8 Å². The van der Waals surface area contributed by atoms with Gasteiger partial charge < -0.3 is 19.3 Å². The van der Waals surface area contributed by atoms with Gasteiger partial charge in [-0.25, -0.2) is 0 Å². The van der Waals surface area contributed by atoms with Crippen LogP contribution in [0.25, 0.3) is 79.2 Å². The van der Waals surface area contributed by atoms with Gasteiger partial charge in [0.15, 0.2) is 0 Å². The first kappa shape index (κ1) is 46.2. The van der Waals surface area contributed by atoms with E-state index in [-0.39, 0.29) is 20.1 Å². The van der Waals surface area contributed by atoms with Crippen LogP contribution in [0.4, 0.5) is 0 Å². The molecule has 0 saturated heterocycles. The molecule has 8 aromatic carbocycles. The molecule has 12 rings (SSSR count). The second kappa shape index (κ2) is 22.7. The van der Waals surface area contributed by atoms with Gasteiger partial charge in [-0.2, -0.15) is 60.7 Å². The summed E-state index contributed by atoms with van der Waals surface area (Å²) in [4.78, 5) is 4.08. The first-order valence-electron chi connectivity index (χ1n) is 22.5. The van der Waals surface area contributed by atoms with E-state index in [1.807, 2.05) is 91.0 Å². The van der Waals surface area contributed by atoms with E-state index >= 15 is 0 Å². The molecule has 8 nitrogen and oxygen atoms in total. The number of benzene rings is 8. The number of imidazole rings is 2. The van der Waals surface area contributed by atoms with E-state index in [0.717, 1.165) is 73.5 Å². The van der Waals surface area contributed by atoms with Crippen LogP contribution in [0.2, 0.25) is 0 Å². The van der Waals surface area contributed by atoms with E-state index in [9.17, 15) is 0 Å². The van der Waals surface area contributed by atoms with Crippen molar-refractivity contribution in [1.29, 1.82) is 0 Å². The predicted molar refractivity (Wildman–Crippen MR) is 270 cm³/mol. The molecule has 0 atom stereocenters. The zero-order valence-electron chi connectivity index (χ0n) is 37.7. The number of nitrogens with zero attached hydrogens (tertiary/aromatic N) is 8. The summed E-state index contributed by atoms with van der Waals surface area (Å²) in [5, 5.41) is 10.8. The van der Waals surface area contributed by atoms with Crippen molar-refractivity contribution in [3.05, 3.63) is 286 Å². The van der Waals surface area contributed by atoms with Gasteiger partial charge in [-0.15, -0.1) is 0 Å². The van der Waals surface area contributed by atoms with Crippen LogP contribution in [0, 0.1) is 24.8 Å². The van der Waals surface area contributed by atoms with Gasteiger partial charge in [-0.1, -0.05) is 170 Å².